The molecule has 0 nitrogen and oxygen atoms in total. The Bertz CT molecular complexity index is 350. The van der Waals surface area contributed by atoms with Crippen molar-refractivity contribution in [2.45, 2.75) is 5.75 Å². The molecule has 0 aliphatic carbocycles. The number of hydrogen-bond acceptors (Lipinski definition) is 1. The van der Waals surface area contributed by atoms with E-state index < -0.39 is 0 Å². The number of thioether (sulfide) groups is 1. The third-order valence-corrected chi connectivity index (χ3v) is 3.13. The molecule has 1 heteroatoms. The normalized spacial score (nSPS) is 16.0. The lowest BCUT2D eigenvalue weighted by Crippen LogP contribution is -1.97. The summed E-state index contributed by atoms with van der Waals surface area (Å²) in [5.74, 6) is 1.04. The van der Waals surface area contributed by atoms with Gasteiger partial charge in [0.05, 0.1) is 0 Å². The summed E-state index contributed by atoms with van der Waals surface area (Å²) in [6, 6.07) is 8.39. The second kappa shape index (κ2) is 2.83. The lowest BCUT2D eigenvalue weighted by molar-refractivity contribution is 1.37. The van der Waals surface area contributed by atoms with Crippen molar-refractivity contribution in [1.82, 2.24) is 0 Å². The van der Waals surface area contributed by atoms with Crippen LogP contribution in [0.3, 0.4) is 0 Å². The first kappa shape index (κ1) is 7.69. The van der Waals surface area contributed by atoms with Gasteiger partial charge in [-0.2, -0.15) is 0 Å². The highest BCUT2D eigenvalue weighted by molar-refractivity contribution is 8.03. The Balaban J connectivity index is 2.56. The Labute approximate surface area is 77.0 Å². The monoisotopic (exact) mass is 174 g/mol. The van der Waals surface area contributed by atoms with E-state index in [0.29, 0.717) is 0 Å². The van der Waals surface area contributed by atoms with Crippen LogP contribution in [0, 0.1) is 0 Å². The molecular weight excluding hydrogens is 164 g/mol. The van der Waals surface area contributed by atoms with Crippen molar-refractivity contribution in [1.29, 1.82) is 0 Å². The third-order valence-electron chi connectivity index (χ3n) is 2.08. The molecule has 0 unspecified atom stereocenters. The van der Waals surface area contributed by atoms with Gasteiger partial charge in [-0.05, 0) is 16.7 Å². The minimum absolute atomic E-state index is 1.04. The molecule has 0 atom stereocenters. The zero-order valence-corrected chi connectivity index (χ0v) is 7.66. The molecule has 1 aromatic rings. The molecule has 0 fully saturated rings. The highest BCUT2D eigenvalue weighted by Gasteiger charge is 2.14. The molecule has 0 bridgehead atoms. The fourth-order valence-corrected chi connectivity index (χ4v) is 2.21. The zero-order valence-electron chi connectivity index (χ0n) is 6.84. The molecule has 1 aliphatic rings. The van der Waals surface area contributed by atoms with Gasteiger partial charge in [-0.25, -0.2) is 0 Å². The van der Waals surface area contributed by atoms with Crippen molar-refractivity contribution in [2.24, 2.45) is 0 Å². The van der Waals surface area contributed by atoms with E-state index in [9.17, 15) is 0 Å². The summed E-state index contributed by atoms with van der Waals surface area (Å²) in [6.45, 7) is 7.97. The SMILES string of the molecule is C=C1SCc2ccccc2C1=C. The van der Waals surface area contributed by atoms with Crippen molar-refractivity contribution in [3.05, 3.63) is 53.5 Å². The Morgan fingerprint density at radius 1 is 1.17 bits per heavy atom. The minimum atomic E-state index is 1.04. The molecular formula is C11H10S. The van der Waals surface area contributed by atoms with Gasteiger partial charge in [-0.3, -0.25) is 0 Å². The lowest BCUT2D eigenvalue weighted by Gasteiger charge is -2.19. The summed E-state index contributed by atoms with van der Waals surface area (Å²) < 4.78 is 0. The van der Waals surface area contributed by atoms with Gasteiger partial charge in [0, 0.05) is 10.7 Å². The number of hydrogen-bond donors (Lipinski definition) is 0. The fourth-order valence-electron chi connectivity index (χ4n) is 1.34. The van der Waals surface area contributed by atoms with E-state index in [0.717, 1.165) is 16.2 Å². The van der Waals surface area contributed by atoms with Crippen LogP contribution in [0.5, 0.6) is 0 Å². The minimum Gasteiger partial charge on any atom is -0.121 e. The number of allylic oxidation sites excluding steroid dienone is 1. The number of benzene rings is 1. The Morgan fingerprint density at radius 3 is 2.75 bits per heavy atom. The van der Waals surface area contributed by atoms with Crippen molar-refractivity contribution < 1.29 is 0 Å². The predicted octanol–water partition coefficient (Wildman–Crippen LogP) is 3.46. The molecule has 2 rings (SSSR count). The summed E-state index contributed by atoms with van der Waals surface area (Å²) in [7, 11) is 0. The van der Waals surface area contributed by atoms with Crippen LogP contribution in [0.2, 0.25) is 0 Å². The van der Waals surface area contributed by atoms with Crippen LogP contribution >= 0.6 is 11.8 Å². The quantitative estimate of drug-likeness (QED) is 0.580. The first-order valence-electron chi connectivity index (χ1n) is 3.88. The van der Waals surface area contributed by atoms with E-state index in [1.165, 1.54) is 11.1 Å². The number of fused-ring (bicyclic) bond motifs is 1. The van der Waals surface area contributed by atoms with Crippen molar-refractivity contribution in [3.63, 3.8) is 0 Å². The highest BCUT2D eigenvalue weighted by atomic mass is 32.2. The highest BCUT2D eigenvalue weighted by Crippen LogP contribution is 2.38. The van der Waals surface area contributed by atoms with Gasteiger partial charge in [0.2, 0.25) is 0 Å². The van der Waals surface area contributed by atoms with E-state index in [1.54, 1.807) is 11.8 Å². The lowest BCUT2D eigenvalue weighted by atomic mass is 10.0. The second-order valence-corrected chi connectivity index (χ2v) is 3.92. The molecule has 0 radical (unpaired) electrons. The summed E-state index contributed by atoms with van der Waals surface area (Å²) in [6.07, 6.45) is 0. The first-order valence-corrected chi connectivity index (χ1v) is 4.87. The number of rotatable bonds is 0. The third kappa shape index (κ3) is 1.10. The molecule has 12 heavy (non-hydrogen) atoms. The van der Waals surface area contributed by atoms with Crippen LogP contribution in [0.1, 0.15) is 11.1 Å². The summed E-state index contributed by atoms with van der Waals surface area (Å²) in [5, 5.41) is 0. The van der Waals surface area contributed by atoms with Crippen molar-refractivity contribution in [2.75, 3.05) is 0 Å². The molecule has 0 saturated carbocycles. The largest absolute Gasteiger partial charge is 0.121 e. The Kier molecular flexibility index (Phi) is 1.81. The molecule has 60 valence electrons. The van der Waals surface area contributed by atoms with Crippen LogP contribution in [-0.4, -0.2) is 0 Å². The predicted molar refractivity (Wildman–Crippen MR) is 55.9 cm³/mol. The topological polar surface area (TPSA) is 0 Å². The van der Waals surface area contributed by atoms with Gasteiger partial charge in [0.15, 0.2) is 0 Å². The summed E-state index contributed by atoms with van der Waals surface area (Å²) in [4.78, 5) is 1.11. The average Bonchev–Trinajstić information content (AvgIpc) is 2.12. The van der Waals surface area contributed by atoms with Gasteiger partial charge in [0.1, 0.15) is 0 Å². The summed E-state index contributed by atoms with van der Waals surface area (Å²) in [5.41, 5.74) is 3.73. The van der Waals surface area contributed by atoms with Crippen LogP contribution < -0.4 is 0 Å². The zero-order chi connectivity index (χ0) is 8.55. The summed E-state index contributed by atoms with van der Waals surface area (Å²) >= 11 is 1.77. The van der Waals surface area contributed by atoms with Crippen LogP contribution in [0.15, 0.2) is 42.3 Å². The molecule has 1 heterocycles. The van der Waals surface area contributed by atoms with Gasteiger partial charge < -0.3 is 0 Å². The van der Waals surface area contributed by atoms with E-state index in [1.807, 2.05) is 6.07 Å². The molecule has 0 amide bonds. The maximum absolute atomic E-state index is 4.02. The standard InChI is InChI=1S/C11H10S/c1-8-9(2)12-7-10-5-3-4-6-11(8)10/h3-6H,1-2,7H2. The smallest absolute Gasteiger partial charge is 0.0238 e. The van der Waals surface area contributed by atoms with Gasteiger partial charge in [-0.1, -0.05) is 37.4 Å². The van der Waals surface area contributed by atoms with Gasteiger partial charge in [0.25, 0.3) is 0 Å². The molecule has 0 N–H and O–H groups in total. The molecule has 0 spiro atoms. The van der Waals surface area contributed by atoms with E-state index in [-0.39, 0.29) is 0 Å². The Morgan fingerprint density at radius 2 is 1.92 bits per heavy atom. The van der Waals surface area contributed by atoms with Gasteiger partial charge >= 0.3 is 0 Å². The fraction of sp³-hybridized carbons (Fsp3) is 0.0909. The van der Waals surface area contributed by atoms with E-state index >= 15 is 0 Å². The maximum atomic E-state index is 4.02. The Hall–Kier alpha value is -0.950. The van der Waals surface area contributed by atoms with Crippen molar-refractivity contribution in [3.8, 4) is 0 Å². The second-order valence-electron chi connectivity index (χ2n) is 2.85. The van der Waals surface area contributed by atoms with E-state index in [4.69, 9.17) is 0 Å². The molecule has 1 aromatic carbocycles. The molecule has 0 aromatic heterocycles. The van der Waals surface area contributed by atoms with Gasteiger partial charge in [-0.15, -0.1) is 11.8 Å². The van der Waals surface area contributed by atoms with Crippen LogP contribution in [0.25, 0.3) is 5.57 Å². The van der Waals surface area contributed by atoms with Crippen molar-refractivity contribution >= 4 is 17.3 Å². The molecule has 1 aliphatic heterocycles. The van der Waals surface area contributed by atoms with Crippen LogP contribution in [0.4, 0.5) is 0 Å². The average molecular weight is 174 g/mol. The van der Waals surface area contributed by atoms with E-state index in [2.05, 4.69) is 31.4 Å². The maximum Gasteiger partial charge on any atom is 0.0238 e. The first-order chi connectivity index (χ1) is 5.79. The van der Waals surface area contributed by atoms with Crippen LogP contribution in [-0.2, 0) is 5.75 Å². The molecule has 0 saturated heterocycles.